The highest BCUT2D eigenvalue weighted by molar-refractivity contribution is 7.90. The number of carbonyl (C=O) groups excluding carboxylic acids is 1. The van der Waals surface area contributed by atoms with Gasteiger partial charge in [-0.05, 0) is 31.1 Å². The van der Waals surface area contributed by atoms with E-state index in [0.29, 0.717) is 32.6 Å². The Bertz CT molecular complexity index is 470. The number of methoxy groups -OCH3 is 1. The highest BCUT2D eigenvalue weighted by Crippen LogP contribution is 2.33. The van der Waals surface area contributed by atoms with Crippen LogP contribution in [0.5, 0.6) is 0 Å². The van der Waals surface area contributed by atoms with Crippen LogP contribution in [0.2, 0.25) is 0 Å². The zero-order valence-electron chi connectivity index (χ0n) is 12.8. The zero-order valence-corrected chi connectivity index (χ0v) is 13.6. The van der Waals surface area contributed by atoms with Crippen LogP contribution < -0.4 is 4.72 Å². The minimum Gasteiger partial charge on any atom is -0.469 e. The van der Waals surface area contributed by atoms with Gasteiger partial charge in [0.1, 0.15) is 0 Å². The first kappa shape index (κ1) is 16.7. The van der Waals surface area contributed by atoms with Crippen LogP contribution in [-0.4, -0.2) is 46.5 Å². The molecule has 6 nitrogen and oxygen atoms in total. The number of hydrogen-bond acceptors (Lipinski definition) is 5. The van der Waals surface area contributed by atoms with E-state index in [-0.39, 0.29) is 5.41 Å². The van der Waals surface area contributed by atoms with Gasteiger partial charge in [-0.1, -0.05) is 13.3 Å². The summed E-state index contributed by atoms with van der Waals surface area (Å²) >= 11 is 0. The maximum Gasteiger partial charge on any atom is 0.310 e. The molecule has 0 bridgehead atoms. The van der Waals surface area contributed by atoms with Crippen LogP contribution in [0.15, 0.2) is 0 Å². The van der Waals surface area contributed by atoms with Crippen molar-refractivity contribution >= 4 is 16.0 Å². The largest absolute Gasteiger partial charge is 0.469 e. The summed E-state index contributed by atoms with van der Waals surface area (Å²) in [6, 6.07) is 0. The fourth-order valence-electron chi connectivity index (χ4n) is 3.14. The summed E-state index contributed by atoms with van der Waals surface area (Å²) in [6.45, 7) is 3.83. The van der Waals surface area contributed by atoms with E-state index in [9.17, 15) is 13.2 Å². The summed E-state index contributed by atoms with van der Waals surface area (Å²) in [4.78, 5) is 11.7. The molecule has 122 valence electrons. The molecule has 0 radical (unpaired) electrons. The summed E-state index contributed by atoms with van der Waals surface area (Å²) in [5, 5.41) is -0.659. The number of nitrogens with one attached hydrogen (secondary N) is 1. The molecule has 1 saturated carbocycles. The van der Waals surface area contributed by atoms with Crippen LogP contribution in [0.25, 0.3) is 0 Å². The summed E-state index contributed by atoms with van der Waals surface area (Å²) in [6.07, 6.45) is 3.55. The van der Waals surface area contributed by atoms with E-state index in [1.807, 2.05) is 0 Å². The predicted molar refractivity (Wildman–Crippen MR) is 78.2 cm³/mol. The SMILES string of the molecule is COC(=O)C1CCCC1S(=O)(=O)NCC1(C)CCOCC1. The Balaban J connectivity index is 1.99. The molecule has 7 heteroatoms. The van der Waals surface area contributed by atoms with Gasteiger partial charge in [0.15, 0.2) is 0 Å². The van der Waals surface area contributed by atoms with Crippen LogP contribution in [0.4, 0.5) is 0 Å². The van der Waals surface area contributed by atoms with Crippen LogP contribution in [0.3, 0.4) is 0 Å². The number of ether oxygens (including phenoxy) is 2. The van der Waals surface area contributed by atoms with Crippen LogP contribution in [0, 0.1) is 11.3 Å². The lowest BCUT2D eigenvalue weighted by molar-refractivity contribution is -0.145. The molecule has 2 atom stereocenters. The molecule has 1 aliphatic heterocycles. The number of rotatable bonds is 5. The lowest BCUT2D eigenvalue weighted by Gasteiger charge is -2.34. The fraction of sp³-hybridized carbons (Fsp3) is 0.929. The van der Waals surface area contributed by atoms with Crippen LogP contribution >= 0.6 is 0 Å². The van der Waals surface area contributed by atoms with Crippen LogP contribution in [-0.2, 0) is 24.3 Å². The molecule has 1 N–H and O–H groups in total. The predicted octanol–water partition coefficient (Wildman–Crippen LogP) is 1.06. The highest BCUT2D eigenvalue weighted by atomic mass is 32.2. The van der Waals surface area contributed by atoms with E-state index < -0.39 is 27.2 Å². The topological polar surface area (TPSA) is 81.7 Å². The van der Waals surface area contributed by atoms with Gasteiger partial charge in [-0.2, -0.15) is 0 Å². The van der Waals surface area contributed by atoms with Gasteiger partial charge in [0.2, 0.25) is 10.0 Å². The Kier molecular flexibility index (Phi) is 5.27. The zero-order chi connectivity index (χ0) is 15.5. The van der Waals surface area contributed by atoms with E-state index in [0.717, 1.165) is 19.3 Å². The lowest BCUT2D eigenvalue weighted by atomic mass is 9.83. The Morgan fingerprint density at radius 2 is 2.00 bits per heavy atom. The van der Waals surface area contributed by atoms with Gasteiger partial charge >= 0.3 is 5.97 Å². The summed E-state index contributed by atoms with van der Waals surface area (Å²) in [5.74, 6) is -0.949. The minimum absolute atomic E-state index is 0.0648. The number of carbonyl (C=O) groups is 1. The van der Waals surface area contributed by atoms with Gasteiger partial charge < -0.3 is 9.47 Å². The van der Waals surface area contributed by atoms with Crippen molar-refractivity contribution in [2.45, 2.75) is 44.3 Å². The van der Waals surface area contributed by atoms with Crippen LogP contribution in [0.1, 0.15) is 39.0 Å². The molecule has 2 rings (SSSR count). The molecule has 21 heavy (non-hydrogen) atoms. The van der Waals surface area contributed by atoms with Gasteiger partial charge in [0.05, 0.1) is 18.3 Å². The first-order valence-electron chi connectivity index (χ1n) is 7.52. The standard InChI is InChI=1S/C14H25NO5S/c1-14(6-8-20-9-7-14)10-15-21(17,18)12-5-3-4-11(12)13(16)19-2/h11-12,15H,3-10H2,1-2H3. The third kappa shape index (κ3) is 3.96. The molecule has 2 fully saturated rings. The summed E-state index contributed by atoms with van der Waals surface area (Å²) in [5.41, 5.74) is -0.0648. The maximum atomic E-state index is 12.5. The van der Waals surface area contributed by atoms with E-state index in [4.69, 9.17) is 9.47 Å². The Morgan fingerprint density at radius 3 is 2.62 bits per heavy atom. The molecular weight excluding hydrogens is 294 g/mol. The second-order valence-corrected chi connectivity index (χ2v) is 8.37. The molecule has 0 spiro atoms. The van der Waals surface area contributed by atoms with E-state index in [1.165, 1.54) is 7.11 Å². The van der Waals surface area contributed by atoms with Crippen molar-refractivity contribution in [2.24, 2.45) is 11.3 Å². The Hall–Kier alpha value is -0.660. The average molecular weight is 319 g/mol. The van der Waals surface area contributed by atoms with Gasteiger partial charge in [0, 0.05) is 19.8 Å². The monoisotopic (exact) mass is 319 g/mol. The first-order valence-corrected chi connectivity index (χ1v) is 9.07. The van der Waals surface area contributed by atoms with Gasteiger partial charge in [0.25, 0.3) is 0 Å². The second-order valence-electron chi connectivity index (χ2n) is 6.39. The normalized spacial score (nSPS) is 29.2. The number of hydrogen-bond donors (Lipinski definition) is 1. The van der Waals surface area contributed by atoms with Crippen molar-refractivity contribution in [3.63, 3.8) is 0 Å². The number of esters is 1. The number of sulfonamides is 1. The lowest BCUT2D eigenvalue weighted by Crippen LogP contribution is -2.45. The van der Waals surface area contributed by atoms with Crippen molar-refractivity contribution < 1.29 is 22.7 Å². The Labute approximate surface area is 126 Å². The molecule has 2 aliphatic rings. The van der Waals surface area contributed by atoms with Gasteiger partial charge in [-0.3, -0.25) is 4.79 Å². The van der Waals surface area contributed by atoms with Crippen molar-refractivity contribution in [3.05, 3.63) is 0 Å². The van der Waals surface area contributed by atoms with Crippen molar-refractivity contribution in [2.75, 3.05) is 26.9 Å². The maximum absolute atomic E-state index is 12.5. The third-order valence-corrected chi connectivity index (χ3v) is 6.66. The van der Waals surface area contributed by atoms with Crippen molar-refractivity contribution in [1.82, 2.24) is 4.72 Å². The first-order chi connectivity index (χ1) is 9.88. The van der Waals surface area contributed by atoms with E-state index in [1.54, 1.807) is 0 Å². The van der Waals surface area contributed by atoms with Crippen molar-refractivity contribution in [1.29, 1.82) is 0 Å². The van der Waals surface area contributed by atoms with E-state index >= 15 is 0 Å². The smallest absolute Gasteiger partial charge is 0.310 e. The molecule has 2 unspecified atom stereocenters. The summed E-state index contributed by atoms with van der Waals surface area (Å²) < 4.78 is 37.8. The molecule has 1 heterocycles. The molecule has 0 aromatic heterocycles. The Morgan fingerprint density at radius 1 is 1.33 bits per heavy atom. The minimum atomic E-state index is -3.49. The molecular formula is C14H25NO5S. The average Bonchev–Trinajstić information content (AvgIpc) is 2.96. The van der Waals surface area contributed by atoms with Gasteiger partial charge in [-0.25, -0.2) is 13.1 Å². The molecule has 1 aliphatic carbocycles. The fourth-order valence-corrected chi connectivity index (χ4v) is 5.06. The molecule has 0 aromatic carbocycles. The van der Waals surface area contributed by atoms with Gasteiger partial charge in [-0.15, -0.1) is 0 Å². The quantitative estimate of drug-likeness (QED) is 0.766. The summed E-state index contributed by atoms with van der Waals surface area (Å²) in [7, 11) is -2.19. The molecule has 1 saturated heterocycles. The second kappa shape index (κ2) is 6.62. The molecule has 0 amide bonds. The highest BCUT2D eigenvalue weighted by Gasteiger charge is 2.42. The third-order valence-electron chi connectivity index (χ3n) is 4.76. The molecule has 0 aromatic rings. The van der Waals surface area contributed by atoms with Crippen molar-refractivity contribution in [3.8, 4) is 0 Å². The van der Waals surface area contributed by atoms with E-state index in [2.05, 4.69) is 11.6 Å².